The molecule has 0 spiro atoms. The average Bonchev–Trinajstić information content (AvgIpc) is 2.61. The van der Waals surface area contributed by atoms with Gasteiger partial charge in [-0.2, -0.15) is 0 Å². The first-order valence-electron chi connectivity index (χ1n) is 4.91. The van der Waals surface area contributed by atoms with Crippen LogP contribution >= 0.6 is 0 Å². The Balaban J connectivity index is 2.42. The number of hydrogen-bond acceptors (Lipinski definition) is 2. The summed E-state index contributed by atoms with van der Waals surface area (Å²) in [5, 5.41) is 0. The zero-order valence-electron chi connectivity index (χ0n) is 8.42. The van der Waals surface area contributed by atoms with Gasteiger partial charge in [0.25, 0.3) is 0 Å². The molecule has 0 fully saturated rings. The molecule has 2 nitrogen and oxygen atoms in total. The molecule has 1 aliphatic carbocycles. The maximum absolute atomic E-state index is 5.53. The molecule has 0 saturated heterocycles. The molecule has 1 aliphatic rings. The fourth-order valence-corrected chi connectivity index (χ4v) is 1.96. The van der Waals surface area contributed by atoms with E-state index in [0.717, 1.165) is 18.6 Å². The van der Waals surface area contributed by atoms with E-state index in [2.05, 4.69) is 18.2 Å². The lowest BCUT2D eigenvalue weighted by Crippen LogP contribution is -1.94. The Labute approximate surface area is 84.4 Å². The quantitative estimate of drug-likeness (QED) is 0.772. The largest absolute Gasteiger partial charge is 0.497 e. The summed E-state index contributed by atoms with van der Waals surface area (Å²) < 4.78 is 5.21. The second-order valence-electron chi connectivity index (χ2n) is 3.49. The highest BCUT2D eigenvalue weighted by molar-refractivity contribution is 5.73. The van der Waals surface area contributed by atoms with Crippen LogP contribution in [0.5, 0.6) is 5.75 Å². The van der Waals surface area contributed by atoms with E-state index in [0.29, 0.717) is 6.54 Å². The molecular weight excluding hydrogens is 174 g/mol. The molecule has 0 heterocycles. The maximum Gasteiger partial charge on any atom is 0.119 e. The summed E-state index contributed by atoms with van der Waals surface area (Å²) in [5.74, 6) is 0.925. The van der Waals surface area contributed by atoms with Crippen molar-refractivity contribution in [2.24, 2.45) is 5.73 Å². The van der Waals surface area contributed by atoms with Crippen molar-refractivity contribution in [2.45, 2.75) is 12.8 Å². The van der Waals surface area contributed by atoms with Crippen LogP contribution in [0.25, 0.3) is 5.57 Å². The van der Waals surface area contributed by atoms with Gasteiger partial charge in [0, 0.05) is 6.54 Å². The third kappa shape index (κ3) is 1.53. The summed E-state index contributed by atoms with van der Waals surface area (Å²) in [6, 6.07) is 6.26. The van der Waals surface area contributed by atoms with E-state index in [-0.39, 0.29) is 0 Å². The van der Waals surface area contributed by atoms with Crippen molar-refractivity contribution in [3.8, 4) is 5.75 Å². The Hall–Kier alpha value is -1.28. The summed E-state index contributed by atoms with van der Waals surface area (Å²) in [5.41, 5.74) is 9.61. The molecule has 74 valence electrons. The summed E-state index contributed by atoms with van der Waals surface area (Å²) >= 11 is 0. The van der Waals surface area contributed by atoms with Crippen molar-refractivity contribution < 1.29 is 4.74 Å². The van der Waals surface area contributed by atoms with Crippen molar-refractivity contribution in [2.75, 3.05) is 13.7 Å². The standard InChI is InChI=1S/C12H15NO/c1-14-11-5-4-9-2-3-10(6-7-13)12(9)8-11/h4-6,8H,2-3,7,13H2,1H3/b10-6+. The molecule has 1 aromatic rings. The van der Waals surface area contributed by atoms with Crippen molar-refractivity contribution in [3.63, 3.8) is 0 Å². The first-order valence-corrected chi connectivity index (χ1v) is 4.91. The second-order valence-corrected chi connectivity index (χ2v) is 3.49. The molecular formula is C12H15NO. The molecule has 0 atom stereocenters. The number of aryl methyl sites for hydroxylation is 1. The van der Waals surface area contributed by atoms with Crippen LogP contribution in [-0.4, -0.2) is 13.7 Å². The molecule has 2 heteroatoms. The molecule has 0 aromatic heterocycles. The fraction of sp³-hybridized carbons (Fsp3) is 0.333. The summed E-state index contributed by atoms with van der Waals surface area (Å²) in [6.45, 7) is 0.617. The first kappa shape index (κ1) is 9.28. The molecule has 2 rings (SSSR count). The maximum atomic E-state index is 5.53. The van der Waals surface area contributed by atoms with Crippen molar-refractivity contribution in [1.82, 2.24) is 0 Å². The monoisotopic (exact) mass is 189 g/mol. The van der Waals surface area contributed by atoms with E-state index in [9.17, 15) is 0 Å². The summed E-state index contributed by atoms with van der Waals surface area (Å²) in [4.78, 5) is 0. The van der Waals surface area contributed by atoms with Crippen LogP contribution in [0.1, 0.15) is 17.5 Å². The predicted octanol–water partition coefficient (Wildman–Crippen LogP) is 1.98. The Bertz CT molecular complexity index is 369. The van der Waals surface area contributed by atoms with Crippen LogP contribution < -0.4 is 10.5 Å². The van der Waals surface area contributed by atoms with Crippen LogP contribution in [0, 0.1) is 0 Å². The minimum atomic E-state index is 0.617. The Morgan fingerprint density at radius 2 is 2.29 bits per heavy atom. The van der Waals surface area contributed by atoms with Gasteiger partial charge in [0.2, 0.25) is 0 Å². The van der Waals surface area contributed by atoms with E-state index < -0.39 is 0 Å². The van der Waals surface area contributed by atoms with Gasteiger partial charge in [-0.15, -0.1) is 0 Å². The zero-order valence-corrected chi connectivity index (χ0v) is 8.42. The molecule has 0 unspecified atom stereocenters. The fourth-order valence-electron chi connectivity index (χ4n) is 1.96. The van der Waals surface area contributed by atoms with Gasteiger partial charge in [-0.1, -0.05) is 12.1 Å². The number of hydrogen-bond donors (Lipinski definition) is 1. The van der Waals surface area contributed by atoms with Crippen molar-refractivity contribution in [1.29, 1.82) is 0 Å². The minimum Gasteiger partial charge on any atom is -0.497 e. The van der Waals surface area contributed by atoms with Gasteiger partial charge in [-0.3, -0.25) is 0 Å². The van der Waals surface area contributed by atoms with E-state index in [4.69, 9.17) is 10.5 Å². The highest BCUT2D eigenvalue weighted by atomic mass is 16.5. The number of fused-ring (bicyclic) bond motifs is 1. The molecule has 0 bridgehead atoms. The van der Waals surface area contributed by atoms with Gasteiger partial charge >= 0.3 is 0 Å². The van der Waals surface area contributed by atoms with Crippen LogP contribution in [0.4, 0.5) is 0 Å². The number of nitrogens with two attached hydrogens (primary N) is 1. The van der Waals surface area contributed by atoms with Gasteiger partial charge in [-0.25, -0.2) is 0 Å². The van der Waals surface area contributed by atoms with Gasteiger partial charge in [-0.05, 0) is 41.7 Å². The van der Waals surface area contributed by atoms with E-state index in [1.165, 1.54) is 16.7 Å². The zero-order chi connectivity index (χ0) is 9.97. The number of methoxy groups -OCH3 is 1. The highest BCUT2D eigenvalue weighted by Gasteiger charge is 2.15. The van der Waals surface area contributed by atoms with Crippen LogP contribution in [0.3, 0.4) is 0 Å². The van der Waals surface area contributed by atoms with Gasteiger partial charge in [0.05, 0.1) is 7.11 Å². The third-order valence-electron chi connectivity index (χ3n) is 2.69. The Kier molecular flexibility index (Phi) is 2.55. The van der Waals surface area contributed by atoms with E-state index in [1.54, 1.807) is 7.11 Å². The number of allylic oxidation sites excluding steroid dienone is 1. The molecule has 0 saturated carbocycles. The van der Waals surface area contributed by atoms with Gasteiger partial charge in [0.15, 0.2) is 0 Å². The lowest BCUT2D eigenvalue weighted by molar-refractivity contribution is 0.414. The SMILES string of the molecule is COc1ccc2c(c1)/C(=C/CN)CC2. The highest BCUT2D eigenvalue weighted by Crippen LogP contribution is 2.34. The molecule has 14 heavy (non-hydrogen) atoms. The summed E-state index contributed by atoms with van der Waals surface area (Å²) in [6.07, 6.45) is 4.34. The summed E-state index contributed by atoms with van der Waals surface area (Å²) in [7, 11) is 1.70. The van der Waals surface area contributed by atoms with Gasteiger partial charge in [0.1, 0.15) is 5.75 Å². The number of ether oxygens (including phenoxy) is 1. The molecule has 0 amide bonds. The third-order valence-corrected chi connectivity index (χ3v) is 2.69. The Morgan fingerprint density at radius 1 is 1.43 bits per heavy atom. The average molecular weight is 189 g/mol. The predicted molar refractivity (Wildman–Crippen MR) is 58.3 cm³/mol. The van der Waals surface area contributed by atoms with Gasteiger partial charge < -0.3 is 10.5 Å². The van der Waals surface area contributed by atoms with Crippen molar-refractivity contribution in [3.05, 3.63) is 35.4 Å². The molecule has 2 N–H and O–H groups in total. The van der Waals surface area contributed by atoms with Crippen LogP contribution in [-0.2, 0) is 6.42 Å². The lowest BCUT2D eigenvalue weighted by Gasteiger charge is -2.04. The van der Waals surface area contributed by atoms with Crippen molar-refractivity contribution >= 4 is 5.57 Å². The first-order chi connectivity index (χ1) is 6.85. The van der Waals surface area contributed by atoms with E-state index in [1.807, 2.05) is 6.07 Å². The Morgan fingerprint density at radius 3 is 3.00 bits per heavy atom. The smallest absolute Gasteiger partial charge is 0.119 e. The number of benzene rings is 1. The molecule has 0 aliphatic heterocycles. The molecule has 1 aromatic carbocycles. The number of rotatable bonds is 2. The normalized spacial score (nSPS) is 17.1. The lowest BCUT2D eigenvalue weighted by atomic mass is 10.1. The van der Waals surface area contributed by atoms with E-state index >= 15 is 0 Å². The second kappa shape index (κ2) is 3.84. The minimum absolute atomic E-state index is 0.617. The molecule has 0 radical (unpaired) electrons. The van der Waals surface area contributed by atoms with Crippen LogP contribution in [0.2, 0.25) is 0 Å². The topological polar surface area (TPSA) is 35.2 Å². The van der Waals surface area contributed by atoms with Crippen LogP contribution in [0.15, 0.2) is 24.3 Å².